The van der Waals surface area contributed by atoms with Gasteiger partial charge in [0.2, 0.25) is 5.76 Å². The number of ether oxygens (including phenoxy) is 2. The number of amides is 1. The van der Waals surface area contributed by atoms with Crippen LogP contribution in [-0.2, 0) is 6.18 Å². The number of unbranched alkanes of at least 4 members (excludes halogenated alkanes) is 2. The normalized spacial score (nSPS) is 15.0. The molecule has 1 atom stereocenters. The number of halogens is 4. The summed E-state index contributed by atoms with van der Waals surface area (Å²) in [5, 5.41) is 0.236. The third-order valence-electron chi connectivity index (χ3n) is 6.79. The number of hydrogen-bond donors (Lipinski definition) is 0. The lowest BCUT2D eigenvalue weighted by molar-refractivity contribution is -0.137. The number of alkyl halides is 3. The summed E-state index contributed by atoms with van der Waals surface area (Å²) in [6.45, 7) is 2.57. The molecule has 0 N–H and O–H groups in total. The zero-order valence-electron chi connectivity index (χ0n) is 21.7. The van der Waals surface area contributed by atoms with Gasteiger partial charge in [-0.15, -0.1) is 0 Å². The number of carbonyl (C=O) groups excluding carboxylic acids is 1. The molecule has 0 saturated carbocycles. The predicted octanol–water partition coefficient (Wildman–Crippen LogP) is 7.90. The van der Waals surface area contributed by atoms with Crippen molar-refractivity contribution in [3.05, 3.63) is 97.8 Å². The van der Waals surface area contributed by atoms with Crippen molar-refractivity contribution in [1.29, 1.82) is 0 Å². The van der Waals surface area contributed by atoms with E-state index in [-0.39, 0.29) is 28.0 Å². The van der Waals surface area contributed by atoms with E-state index in [0.29, 0.717) is 28.1 Å². The van der Waals surface area contributed by atoms with Crippen molar-refractivity contribution < 1.29 is 31.9 Å². The molecule has 0 radical (unpaired) electrons. The molecule has 0 saturated heterocycles. The fourth-order valence-corrected chi connectivity index (χ4v) is 5.23. The maximum Gasteiger partial charge on any atom is 0.416 e. The van der Waals surface area contributed by atoms with Gasteiger partial charge in [-0.3, -0.25) is 14.5 Å². The smallest absolute Gasteiger partial charge is 0.416 e. The van der Waals surface area contributed by atoms with Gasteiger partial charge >= 0.3 is 6.18 Å². The van der Waals surface area contributed by atoms with Crippen LogP contribution in [0.4, 0.5) is 18.9 Å². The average molecular weight is 616 g/mol. The molecule has 1 aliphatic heterocycles. The van der Waals surface area contributed by atoms with Crippen molar-refractivity contribution >= 4 is 38.5 Å². The maximum absolute atomic E-state index is 13.8. The highest BCUT2D eigenvalue weighted by molar-refractivity contribution is 9.10. The monoisotopic (exact) mass is 615 g/mol. The van der Waals surface area contributed by atoms with Crippen molar-refractivity contribution in [2.45, 2.75) is 38.4 Å². The number of nitrogens with zero attached hydrogens (tertiary/aromatic N) is 1. The number of anilines is 1. The van der Waals surface area contributed by atoms with Crippen LogP contribution in [0.2, 0.25) is 0 Å². The molecule has 0 fully saturated rings. The Morgan fingerprint density at radius 1 is 1.00 bits per heavy atom. The molecule has 40 heavy (non-hydrogen) atoms. The van der Waals surface area contributed by atoms with Gasteiger partial charge in [0.25, 0.3) is 5.91 Å². The molecule has 0 spiro atoms. The fraction of sp³-hybridized carbons (Fsp3) is 0.267. The number of carbonyl (C=O) groups is 1. The van der Waals surface area contributed by atoms with Crippen LogP contribution >= 0.6 is 15.9 Å². The Hall–Kier alpha value is -3.79. The average Bonchev–Trinajstić information content (AvgIpc) is 3.23. The molecule has 208 valence electrons. The highest BCUT2D eigenvalue weighted by Crippen LogP contribution is 2.44. The summed E-state index contributed by atoms with van der Waals surface area (Å²) in [5.74, 6) is -0.0972. The Balaban J connectivity index is 1.69. The fourth-order valence-electron chi connectivity index (χ4n) is 4.87. The summed E-state index contributed by atoms with van der Waals surface area (Å²) in [6, 6.07) is 13.2. The second-order valence-electron chi connectivity index (χ2n) is 9.41. The standard InChI is InChI=1S/C30H25BrF3NO5/c1-3-4-5-13-39-23-11-9-17(14-24(23)38-2)26-25-27(36)21-16-19(31)10-12-22(21)40-28(25)29(37)35(26)20-8-6-7-18(15-20)30(32,33)34/h6-12,14-16,26H,3-5,13H2,1-2H3. The Kier molecular flexibility index (Phi) is 7.63. The van der Waals surface area contributed by atoms with Gasteiger partial charge in [0.1, 0.15) is 5.58 Å². The summed E-state index contributed by atoms with van der Waals surface area (Å²) < 4.78 is 58.8. The van der Waals surface area contributed by atoms with Crippen molar-refractivity contribution in [2.75, 3.05) is 18.6 Å². The summed E-state index contributed by atoms with van der Waals surface area (Å²) in [7, 11) is 1.47. The largest absolute Gasteiger partial charge is 0.493 e. The molecular formula is C30H25BrF3NO5. The van der Waals surface area contributed by atoms with Gasteiger partial charge < -0.3 is 13.9 Å². The quantitative estimate of drug-likeness (QED) is 0.188. The molecular weight excluding hydrogens is 591 g/mol. The first kappa shape index (κ1) is 27.8. The first-order valence-corrected chi connectivity index (χ1v) is 13.5. The molecule has 1 unspecified atom stereocenters. The summed E-state index contributed by atoms with van der Waals surface area (Å²) in [5.41, 5.74) is -0.729. The summed E-state index contributed by atoms with van der Waals surface area (Å²) in [4.78, 5) is 28.8. The number of rotatable bonds is 8. The van der Waals surface area contributed by atoms with Crippen molar-refractivity contribution in [2.24, 2.45) is 0 Å². The lowest BCUT2D eigenvalue weighted by Gasteiger charge is -2.26. The number of benzene rings is 3. The molecule has 6 nitrogen and oxygen atoms in total. The van der Waals surface area contributed by atoms with Crippen LogP contribution in [0, 0.1) is 0 Å². The molecule has 1 amide bonds. The zero-order valence-corrected chi connectivity index (χ0v) is 23.3. The molecule has 1 aromatic heterocycles. The van der Waals surface area contributed by atoms with E-state index in [4.69, 9.17) is 13.9 Å². The Labute approximate surface area is 236 Å². The van der Waals surface area contributed by atoms with E-state index in [1.165, 1.54) is 19.2 Å². The number of hydrogen-bond acceptors (Lipinski definition) is 5. The molecule has 5 rings (SSSR count). The van der Waals surface area contributed by atoms with E-state index >= 15 is 0 Å². The topological polar surface area (TPSA) is 69.0 Å². The Morgan fingerprint density at radius 3 is 2.52 bits per heavy atom. The van der Waals surface area contributed by atoms with Crippen LogP contribution in [0.15, 0.2) is 74.3 Å². The maximum atomic E-state index is 13.8. The van der Waals surface area contributed by atoms with Crippen molar-refractivity contribution in [1.82, 2.24) is 0 Å². The van der Waals surface area contributed by atoms with Crippen LogP contribution in [0.1, 0.15) is 59.5 Å². The van der Waals surface area contributed by atoms with Gasteiger partial charge in [-0.2, -0.15) is 13.2 Å². The van der Waals surface area contributed by atoms with Gasteiger partial charge in [-0.1, -0.05) is 47.8 Å². The van der Waals surface area contributed by atoms with Crippen molar-refractivity contribution in [3.8, 4) is 11.5 Å². The lowest BCUT2D eigenvalue weighted by Crippen LogP contribution is -2.29. The predicted molar refractivity (Wildman–Crippen MR) is 148 cm³/mol. The zero-order chi connectivity index (χ0) is 28.6. The van der Waals surface area contributed by atoms with Crippen LogP contribution in [0.3, 0.4) is 0 Å². The van der Waals surface area contributed by atoms with E-state index in [1.54, 1.807) is 36.4 Å². The Morgan fingerprint density at radius 2 is 1.80 bits per heavy atom. The van der Waals surface area contributed by atoms with Crippen LogP contribution < -0.4 is 19.8 Å². The second-order valence-corrected chi connectivity index (χ2v) is 10.3. The first-order chi connectivity index (χ1) is 19.1. The van der Waals surface area contributed by atoms with Crippen LogP contribution in [0.25, 0.3) is 11.0 Å². The van der Waals surface area contributed by atoms with E-state index < -0.39 is 29.1 Å². The highest BCUT2D eigenvalue weighted by Gasteiger charge is 2.44. The van der Waals surface area contributed by atoms with Gasteiger partial charge in [0, 0.05) is 10.2 Å². The molecule has 0 bridgehead atoms. The first-order valence-electron chi connectivity index (χ1n) is 12.7. The molecule has 0 aliphatic carbocycles. The molecule has 2 heterocycles. The molecule has 1 aliphatic rings. The van der Waals surface area contributed by atoms with Gasteiger partial charge in [-0.05, 0) is 60.5 Å². The minimum Gasteiger partial charge on any atom is -0.493 e. The summed E-state index contributed by atoms with van der Waals surface area (Å²) in [6.07, 6.45) is -1.73. The minimum absolute atomic E-state index is 0.0280. The molecule has 3 aromatic carbocycles. The summed E-state index contributed by atoms with van der Waals surface area (Å²) >= 11 is 3.36. The van der Waals surface area contributed by atoms with E-state index in [0.717, 1.165) is 36.3 Å². The van der Waals surface area contributed by atoms with Gasteiger partial charge in [0.05, 0.1) is 36.3 Å². The van der Waals surface area contributed by atoms with Gasteiger partial charge in [0.15, 0.2) is 16.9 Å². The Bertz CT molecular complexity index is 1650. The van der Waals surface area contributed by atoms with E-state index in [1.807, 2.05) is 0 Å². The SMILES string of the molecule is CCCCCOc1ccc(C2c3c(oc4ccc(Br)cc4c3=O)C(=O)N2c2cccc(C(F)(F)F)c2)cc1OC. The highest BCUT2D eigenvalue weighted by atomic mass is 79.9. The third-order valence-corrected chi connectivity index (χ3v) is 7.29. The minimum atomic E-state index is -4.63. The number of methoxy groups -OCH3 is 1. The number of fused-ring (bicyclic) bond motifs is 2. The van der Waals surface area contributed by atoms with Crippen molar-refractivity contribution in [3.63, 3.8) is 0 Å². The van der Waals surface area contributed by atoms with E-state index in [9.17, 15) is 22.8 Å². The van der Waals surface area contributed by atoms with E-state index in [2.05, 4.69) is 22.9 Å². The lowest BCUT2D eigenvalue weighted by atomic mass is 9.97. The van der Waals surface area contributed by atoms with Crippen LogP contribution in [0.5, 0.6) is 11.5 Å². The molecule has 4 aromatic rings. The third kappa shape index (κ3) is 5.08. The van der Waals surface area contributed by atoms with Crippen LogP contribution in [-0.4, -0.2) is 19.6 Å². The second kappa shape index (κ2) is 11.0. The van der Waals surface area contributed by atoms with Gasteiger partial charge in [-0.25, -0.2) is 0 Å². The molecule has 10 heteroatoms.